The molecule has 1 aromatic rings. The highest BCUT2D eigenvalue weighted by atomic mass is 79.9. The van der Waals surface area contributed by atoms with Gasteiger partial charge in [-0.1, -0.05) is 22.4 Å². The van der Waals surface area contributed by atoms with Gasteiger partial charge in [-0.05, 0) is 31.0 Å². The fourth-order valence-corrected chi connectivity index (χ4v) is 2.01. The number of rotatable bonds is 4. The van der Waals surface area contributed by atoms with Gasteiger partial charge in [-0.2, -0.15) is 0 Å². The summed E-state index contributed by atoms with van der Waals surface area (Å²) in [4.78, 5) is 22.9. The zero-order valence-electron chi connectivity index (χ0n) is 10.1. The normalized spacial score (nSPS) is 14.6. The first-order valence-electron chi connectivity index (χ1n) is 5.98. The third-order valence-electron chi connectivity index (χ3n) is 2.99. The number of anilines is 1. The maximum Gasteiger partial charge on any atom is 0.309 e. The predicted octanol–water partition coefficient (Wildman–Crippen LogP) is 2.87. The number of nitrogens with one attached hydrogen (secondary N) is 1. The molecular weight excluding hydrogens is 317 g/mol. The fraction of sp³-hybridized carbons (Fsp3) is 0.385. The molecule has 1 aromatic carbocycles. The topological polar surface area (TPSA) is 55.4 Å². The maximum absolute atomic E-state index is 13.4. The predicted molar refractivity (Wildman–Crippen MR) is 71.0 cm³/mol. The van der Waals surface area contributed by atoms with Gasteiger partial charge in [-0.3, -0.25) is 9.59 Å². The van der Waals surface area contributed by atoms with E-state index in [2.05, 4.69) is 21.2 Å². The van der Waals surface area contributed by atoms with Crippen LogP contribution in [-0.4, -0.2) is 18.5 Å². The van der Waals surface area contributed by atoms with Crippen molar-refractivity contribution in [3.05, 3.63) is 28.5 Å². The molecule has 1 saturated carbocycles. The molecule has 1 aliphatic rings. The van der Waals surface area contributed by atoms with Crippen molar-refractivity contribution in [2.45, 2.75) is 19.3 Å². The van der Waals surface area contributed by atoms with E-state index in [4.69, 9.17) is 4.74 Å². The molecule has 0 aliphatic heterocycles. The Hall–Kier alpha value is -1.43. The van der Waals surface area contributed by atoms with Crippen molar-refractivity contribution in [1.29, 1.82) is 0 Å². The van der Waals surface area contributed by atoms with Crippen molar-refractivity contribution in [3.63, 3.8) is 0 Å². The lowest BCUT2D eigenvalue weighted by Crippen LogP contribution is -2.28. The lowest BCUT2D eigenvalue weighted by molar-refractivity contribution is -0.154. The van der Waals surface area contributed by atoms with Crippen LogP contribution in [0.15, 0.2) is 22.7 Å². The molecule has 1 aliphatic carbocycles. The second-order valence-electron chi connectivity index (χ2n) is 4.41. The number of hydrogen-bond donors (Lipinski definition) is 1. The first kappa shape index (κ1) is 14.0. The minimum atomic E-state index is -0.548. The monoisotopic (exact) mass is 329 g/mol. The smallest absolute Gasteiger partial charge is 0.309 e. The number of carbonyl (C=O) groups is 2. The summed E-state index contributed by atoms with van der Waals surface area (Å²) in [5, 5.41) is 2.36. The Morgan fingerprint density at radius 2 is 2.16 bits per heavy atom. The van der Waals surface area contributed by atoms with Crippen molar-refractivity contribution >= 4 is 33.5 Å². The first-order chi connectivity index (χ1) is 9.06. The largest absolute Gasteiger partial charge is 0.455 e. The zero-order valence-corrected chi connectivity index (χ0v) is 11.7. The van der Waals surface area contributed by atoms with E-state index in [-0.39, 0.29) is 24.2 Å². The van der Waals surface area contributed by atoms with Gasteiger partial charge in [0, 0.05) is 4.47 Å². The highest BCUT2D eigenvalue weighted by Gasteiger charge is 2.27. The summed E-state index contributed by atoms with van der Waals surface area (Å²) in [5.74, 6) is -1.52. The van der Waals surface area contributed by atoms with E-state index < -0.39 is 11.7 Å². The van der Waals surface area contributed by atoms with Crippen LogP contribution in [0, 0.1) is 11.7 Å². The minimum absolute atomic E-state index is 0.0629. The number of amides is 1. The van der Waals surface area contributed by atoms with Crippen molar-refractivity contribution in [1.82, 2.24) is 0 Å². The zero-order chi connectivity index (χ0) is 13.8. The molecule has 102 valence electrons. The lowest BCUT2D eigenvalue weighted by Gasteiger charge is -2.22. The van der Waals surface area contributed by atoms with Gasteiger partial charge in [0.05, 0.1) is 11.6 Å². The Bertz CT molecular complexity index is 503. The van der Waals surface area contributed by atoms with E-state index in [9.17, 15) is 14.0 Å². The molecule has 0 aromatic heterocycles. The van der Waals surface area contributed by atoms with Gasteiger partial charge in [0.25, 0.3) is 5.91 Å². The average molecular weight is 330 g/mol. The standard InChI is InChI=1S/C13H13BrFNO3/c14-9-4-5-11(10(15)6-9)16-12(17)7-19-13(18)8-2-1-3-8/h4-6,8H,1-3,7H2,(H,16,17). The molecule has 0 spiro atoms. The Morgan fingerprint density at radius 3 is 2.74 bits per heavy atom. The van der Waals surface area contributed by atoms with Crippen molar-refractivity contribution in [2.24, 2.45) is 5.92 Å². The van der Waals surface area contributed by atoms with Gasteiger partial charge in [0.15, 0.2) is 6.61 Å². The van der Waals surface area contributed by atoms with Gasteiger partial charge in [-0.25, -0.2) is 4.39 Å². The number of benzene rings is 1. The van der Waals surface area contributed by atoms with E-state index >= 15 is 0 Å². The summed E-state index contributed by atoms with van der Waals surface area (Å²) in [5.41, 5.74) is 0.0629. The fourth-order valence-electron chi connectivity index (χ4n) is 1.68. The molecular formula is C13H13BrFNO3. The van der Waals surface area contributed by atoms with E-state index in [1.807, 2.05) is 0 Å². The number of hydrogen-bond acceptors (Lipinski definition) is 3. The minimum Gasteiger partial charge on any atom is -0.455 e. The molecule has 2 rings (SSSR count). The molecule has 0 heterocycles. The van der Waals surface area contributed by atoms with Crippen molar-refractivity contribution < 1.29 is 18.7 Å². The molecule has 0 atom stereocenters. The second kappa shape index (κ2) is 6.14. The van der Waals surface area contributed by atoms with Crippen LogP contribution in [0.2, 0.25) is 0 Å². The van der Waals surface area contributed by atoms with Crippen LogP contribution in [0.1, 0.15) is 19.3 Å². The molecule has 0 unspecified atom stereocenters. The molecule has 4 nitrogen and oxygen atoms in total. The highest BCUT2D eigenvalue weighted by Crippen LogP contribution is 2.27. The van der Waals surface area contributed by atoms with Gasteiger partial charge >= 0.3 is 5.97 Å². The number of ether oxygens (including phenoxy) is 1. The van der Waals surface area contributed by atoms with Gasteiger partial charge < -0.3 is 10.1 Å². The maximum atomic E-state index is 13.4. The van der Waals surface area contributed by atoms with Crippen molar-refractivity contribution in [3.8, 4) is 0 Å². The van der Waals surface area contributed by atoms with Gasteiger partial charge in [0.2, 0.25) is 0 Å². The lowest BCUT2D eigenvalue weighted by atomic mass is 9.86. The quantitative estimate of drug-likeness (QED) is 0.864. The van der Waals surface area contributed by atoms with E-state index in [0.29, 0.717) is 4.47 Å². The van der Waals surface area contributed by atoms with Crippen LogP contribution < -0.4 is 5.32 Å². The van der Waals surface area contributed by atoms with E-state index in [0.717, 1.165) is 19.3 Å². The van der Waals surface area contributed by atoms with Crippen LogP contribution in [0.25, 0.3) is 0 Å². The summed E-state index contributed by atoms with van der Waals surface area (Å²) in [7, 11) is 0. The third kappa shape index (κ3) is 3.76. The third-order valence-corrected chi connectivity index (χ3v) is 3.48. The van der Waals surface area contributed by atoms with Crippen LogP contribution in [0.3, 0.4) is 0 Å². The summed E-state index contributed by atoms with van der Waals surface area (Å²) in [6.45, 7) is -0.384. The summed E-state index contributed by atoms with van der Waals surface area (Å²) in [6.07, 6.45) is 2.67. The SMILES string of the molecule is O=C(COC(=O)C1CCC1)Nc1ccc(Br)cc1F. The summed E-state index contributed by atoms with van der Waals surface area (Å²) >= 11 is 3.12. The number of carbonyl (C=O) groups excluding carboxylic acids is 2. The van der Waals surface area contributed by atoms with Crippen LogP contribution in [-0.2, 0) is 14.3 Å². The Balaban J connectivity index is 1.81. The van der Waals surface area contributed by atoms with Crippen molar-refractivity contribution in [2.75, 3.05) is 11.9 Å². The van der Waals surface area contributed by atoms with Crippen LogP contribution in [0.4, 0.5) is 10.1 Å². The molecule has 19 heavy (non-hydrogen) atoms. The molecule has 1 amide bonds. The summed E-state index contributed by atoms with van der Waals surface area (Å²) in [6, 6.07) is 4.29. The molecule has 0 bridgehead atoms. The van der Waals surface area contributed by atoms with Crippen LogP contribution >= 0.6 is 15.9 Å². The molecule has 1 N–H and O–H groups in total. The van der Waals surface area contributed by atoms with Crippen LogP contribution in [0.5, 0.6) is 0 Å². The summed E-state index contributed by atoms with van der Waals surface area (Å²) < 4.78 is 18.9. The Labute approximate surface area is 118 Å². The van der Waals surface area contributed by atoms with Gasteiger partial charge in [0.1, 0.15) is 5.82 Å². The number of halogens is 2. The second-order valence-corrected chi connectivity index (χ2v) is 5.32. The van der Waals surface area contributed by atoms with E-state index in [1.54, 1.807) is 6.07 Å². The highest BCUT2D eigenvalue weighted by molar-refractivity contribution is 9.10. The van der Waals surface area contributed by atoms with Gasteiger partial charge in [-0.15, -0.1) is 0 Å². The molecule has 0 radical (unpaired) electrons. The Kier molecular flexibility index (Phi) is 4.52. The molecule has 6 heteroatoms. The first-order valence-corrected chi connectivity index (χ1v) is 6.77. The Morgan fingerprint density at radius 1 is 1.42 bits per heavy atom. The average Bonchev–Trinajstić information content (AvgIpc) is 2.28. The number of esters is 1. The molecule has 0 saturated heterocycles. The molecule has 1 fully saturated rings. The van der Waals surface area contributed by atoms with E-state index in [1.165, 1.54) is 12.1 Å².